The third-order valence-electron chi connectivity index (χ3n) is 2.16. The second kappa shape index (κ2) is 4.41. The molecule has 2 aromatic rings. The van der Waals surface area contributed by atoms with Gasteiger partial charge in [-0.1, -0.05) is 23.7 Å². The average molecular weight is 237 g/mol. The molecule has 0 aliphatic carbocycles. The van der Waals surface area contributed by atoms with Gasteiger partial charge in [-0.2, -0.15) is 0 Å². The Kier molecular flexibility index (Phi) is 2.97. The predicted molar refractivity (Wildman–Crippen MR) is 59.9 cm³/mol. The molecule has 0 amide bonds. The highest BCUT2D eigenvalue weighted by Gasteiger charge is 2.09. The molecule has 4 heteroatoms. The van der Waals surface area contributed by atoms with Crippen LogP contribution in [0.3, 0.4) is 0 Å². The maximum Gasteiger partial charge on any atom is 0.371 e. The van der Waals surface area contributed by atoms with Crippen molar-refractivity contribution in [2.24, 2.45) is 0 Å². The van der Waals surface area contributed by atoms with Crippen LogP contribution in [-0.2, 0) is 6.42 Å². The smallest absolute Gasteiger partial charge is 0.371 e. The van der Waals surface area contributed by atoms with E-state index in [0.717, 1.165) is 11.1 Å². The summed E-state index contributed by atoms with van der Waals surface area (Å²) in [6, 6.07) is 8.94. The molecule has 0 atom stereocenters. The van der Waals surface area contributed by atoms with Crippen LogP contribution in [0.4, 0.5) is 0 Å². The zero-order valence-corrected chi connectivity index (χ0v) is 9.07. The van der Waals surface area contributed by atoms with Gasteiger partial charge in [0.25, 0.3) is 0 Å². The molecule has 1 N–H and O–H groups in total. The fourth-order valence-electron chi connectivity index (χ4n) is 1.46. The van der Waals surface area contributed by atoms with Gasteiger partial charge in [0.1, 0.15) is 0 Å². The van der Waals surface area contributed by atoms with Crippen molar-refractivity contribution in [2.75, 3.05) is 0 Å². The number of benzene rings is 1. The van der Waals surface area contributed by atoms with Gasteiger partial charge in [-0.05, 0) is 29.3 Å². The van der Waals surface area contributed by atoms with Crippen LogP contribution in [0, 0.1) is 0 Å². The van der Waals surface area contributed by atoms with Crippen molar-refractivity contribution in [3.63, 3.8) is 0 Å². The maximum atomic E-state index is 10.6. The van der Waals surface area contributed by atoms with Crippen LogP contribution >= 0.6 is 11.6 Å². The first kappa shape index (κ1) is 10.8. The first-order valence-electron chi connectivity index (χ1n) is 4.70. The van der Waals surface area contributed by atoms with Crippen molar-refractivity contribution >= 4 is 17.6 Å². The highest BCUT2D eigenvalue weighted by Crippen LogP contribution is 2.16. The third-order valence-corrected chi connectivity index (χ3v) is 2.40. The zero-order chi connectivity index (χ0) is 11.5. The quantitative estimate of drug-likeness (QED) is 0.890. The average Bonchev–Trinajstić information content (AvgIpc) is 2.66. The number of aromatic carboxylic acids is 1. The van der Waals surface area contributed by atoms with E-state index in [9.17, 15) is 4.79 Å². The number of carboxylic acid groups (broad SMARTS) is 1. The molecule has 0 aliphatic heterocycles. The van der Waals surface area contributed by atoms with Gasteiger partial charge in [0, 0.05) is 11.4 Å². The lowest BCUT2D eigenvalue weighted by Gasteiger charge is -1.98. The largest absolute Gasteiger partial charge is 0.475 e. The Morgan fingerprint density at radius 1 is 1.31 bits per heavy atom. The topological polar surface area (TPSA) is 50.4 Å². The first-order chi connectivity index (χ1) is 7.65. The van der Waals surface area contributed by atoms with Gasteiger partial charge >= 0.3 is 5.97 Å². The fourth-order valence-corrected chi connectivity index (χ4v) is 1.68. The molecule has 1 aromatic carbocycles. The summed E-state index contributed by atoms with van der Waals surface area (Å²) >= 11 is 5.85. The molecule has 0 radical (unpaired) electrons. The number of hydrogen-bond acceptors (Lipinski definition) is 2. The zero-order valence-electron chi connectivity index (χ0n) is 8.31. The van der Waals surface area contributed by atoms with Gasteiger partial charge in [-0.3, -0.25) is 0 Å². The van der Waals surface area contributed by atoms with E-state index >= 15 is 0 Å². The van der Waals surface area contributed by atoms with E-state index in [1.807, 2.05) is 18.2 Å². The molecule has 0 spiro atoms. The van der Waals surface area contributed by atoms with Gasteiger partial charge in [0.05, 0.1) is 6.26 Å². The predicted octanol–water partition coefficient (Wildman–Crippen LogP) is 3.22. The molecule has 82 valence electrons. The van der Waals surface area contributed by atoms with E-state index < -0.39 is 5.97 Å². The van der Waals surface area contributed by atoms with E-state index in [1.165, 1.54) is 12.3 Å². The standard InChI is InChI=1S/C12H9ClO3/c13-10-3-1-2-8(5-10)4-9-6-11(12(14)15)16-7-9/h1-3,5-7H,4H2,(H,14,15). The summed E-state index contributed by atoms with van der Waals surface area (Å²) in [5, 5.41) is 9.36. The van der Waals surface area contributed by atoms with E-state index in [4.69, 9.17) is 21.1 Å². The highest BCUT2D eigenvalue weighted by atomic mass is 35.5. The Hall–Kier alpha value is -1.74. The molecule has 16 heavy (non-hydrogen) atoms. The maximum absolute atomic E-state index is 10.6. The molecule has 0 unspecified atom stereocenters. The van der Waals surface area contributed by atoms with Crippen LogP contribution in [0.15, 0.2) is 41.0 Å². The van der Waals surface area contributed by atoms with E-state index in [0.29, 0.717) is 11.4 Å². The van der Waals surface area contributed by atoms with Gasteiger partial charge < -0.3 is 9.52 Å². The SMILES string of the molecule is O=C(O)c1cc(Cc2cccc(Cl)c2)co1. The molecule has 0 fully saturated rings. The van der Waals surface area contributed by atoms with Gasteiger partial charge in [-0.25, -0.2) is 4.79 Å². The van der Waals surface area contributed by atoms with Crippen molar-refractivity contribution in [3.8, 4) is 0 Å². The molecule has 0 saturated carbocycles. The molecule has 0 bridgehead atoms. The van der Waals surface area contributed by atoms with E-state index in [-0.39, 0.29) is 5.76 Å². The van der Waals surface area contributed by atoms with Gasteiger partial charge in [-0.15, -0.1) is 0 Å². The summed E-state index contributed by atoms with van der Waals surface area (Å²) in [4.78, 5) is 10.6. The molecular weight excluding hydrogens is 228 g/mol. The second-order valence-corrected chi connectivity index (χ2v) is 3.87. The van der Waals surface area contributed by atoms with Crippen molar-refractivity contribution in [2.45, 2.75) is 6.42 Å². The number of carboxylic acids is 1. The lowest BCUT2D eigenvalue weighted by atomic mass is 10.1. The Bertz CT molecular complexity index is 516. The summed E-state index contributed by atoms with van der Waals surface area (Å²) in [5.41, 5.74) is 1.84. The summed E-state index contributed by atoms with van der Waals surface area (Å²) in [6.07, 6.45) is 2.06. The van der Waals surface area contributed by atoms with Crippen molar-refractivity contribution in [3.05, 3.63) is 58.5 Å². The lowest BCUT2D eigenvalue weighted by Crippen LogP contribution is -1.92. The minimum atomic E-state index is -1.06. The lowest BCUT2D eigenvalue weighted by molar-refractivity contribution is 0.0662. The van der Waals surface area contributed by atoms with Crippen LogP contribution in [0.1, 0.15) is 21.7 Å². The van der Waals surface area contributed by atoms with Crippen LogP contribution in [0.5, 0.6) is 0 Å². The molecule has 0 saturated heterocycles. The van der Waals surface area contributed by atoms with Gasteiger partial charge in [0.2, 0.25) is 5.76 Å². The number of furan rings is 1. The first-order valence-corrected chi connectivity index (χ1v) is 5.08. The minimum Gasteiger partial charge on any atom is -0.475 e. The number of carbonyl (C=O) groups is 1. The Labute approximate surface area is 97.3 Å². The molecule has 2 rings (SSSR count). The monoisotopic (exact) mass is 236 g/mol. The molecule has 3 nitrogen and oxygen atoms in total. The third kappa shape index (κ3) is 2.44. The fraction of sp³-hybridized carbons (Fsp3) is 0.0833. The van der Waals surface area contributed by atoms with E-state index in [1.54, 1.807) is 6.07 Å². The molecule has 1 heterocycles. The molecular formula is C12H9ClO3. The minimum absolute atomic E-state index is 0.0444. The Morgan fingerprint density at radius 2 is 2.12 bits per heavy atom. The van der Waals surface area contributed by atoms with Crippen LogP contribution < -0.4 is 0 Å². The van der Waals surface area contributed by atoms with Gasteiger partial charge in [0.15, 0.2) is 0 Å². The Balaban J connectivity index is 2.17. The second-order valence-electron chi connectivity index (χ2n) is 3.43. The normalized spacial score (nSPS) is 10.3. The van der Waals surface area contributed by atoms with Crippen LogP contribution in [0.25, 0.3) is 0 Å². The molecule has 0 aliphatic rings. The molecule has 1 aromatic heterocycles. The van der Waals surface area contributed by atoms with Crippen LogP contribution in [-0.4, -0.2) is 11.1 Å². The number of hydrogen-bond donors (Lipinski definition) is 1. The van der Waals surface area contributed by atoms with Crippen molar-refractivity contribution in [1.82, 2.24) is 0 Å². The Morgan fingerprint density at radius 3 is 2.75 bits per heavy atom. The summed E-state index contributed by atoms with van der Waals surface area (Å²) in [7, 11) is 0. The van der Waals surface area contributed by atoms with E-state index in [2.05, 4.69) is 0 Å². The van der Waals surface area contributed by atoms with Crippen molar-refractivity contribution in [1.29, 1.82) is 0 Å². The van der Waals surface area contributed by atoms with Crippen LogP contribution in [0.2, 0.25) is 5.02 Å². The summed E-state index contributed by atoms with van der Waals surface area (Å²) in [6.45, 7) is 0. The number of halogens is 1. The highest BCUT2D eigenvalue weighted by molar-refractivity contribution is 6.30. The number of rotatable bonds is 3. The van der Waals surface area contributed by atoms with Crippen molar-refractivity contribution < 1.29 is 14.3 Å². The summed E-state index contributed by atoms with van der Waals surface area (Å²) < 4.78 is 4.90. The summed E-state index contributed by atoms with van der Waals surface area (Å²) in [5.74, 6) is -1.10.